The summed E-state index contributed by atoms with van der Waals surface area (Å²) in [5.41, 5.74) is 0.651. The quantitative estimate of drug-likeness (QED) is 0.730. The van der Waals surface area contributed by atoms with Crippen LogP contribution >= 0.6 is 0 Å². The molecule has 0 aliphatic carbocycles. The molecule has 2 aliphatic rings. The van der Waals surface area contributed by atoms with Crippen molar-refractivity contribution in [2.45, 2.75) is 51.6 Å². The first kappa shape index (κ1) is 20.3. The molecule has 2 saturated heterocycles. The van der Waals surface area contributed by atoms with Crippen LogP contribution in [-0.4, -0.2) is 59.9 Å². The van der Waals surface area contributed by atoms with Crippen LogP contribution in [-0.2, 0) is 15.1 Å². The Kier molecular flexibility index (Phi) is 6.03. The summed E-state index contributed by atoms with van der Waals surface area (Å²) in [7, 11) is 0. The lowest BCUT2D eigenvalue weighted by Gasteiger charge is -2.35. The summed E-state index contributed by atoms with van der Waals surface area (Å²) in [5.74, 6) is -0.540. The van der Waals surface area contributed by atoms with Crippen molar-refractivity contribution in [3.8, 4) is 0 Å². The summed E-state index contributed by atoms with van der Waals surface area (Å²) in [6, 6.07) is 7.16. The molecule has 7 nitrogen and oxygen atoms in total. The van der Waals surface area contributed by atoms with Crippen molar-refractivity contribution in [2.75, 3.05) is 26.2 Å². The Bertz CT molecular complexity index is 743. The maximum absolute atomic E-state index is 13.1. The lowest BCUT2D eigenvalue weighted by molar-refractivity contribution is -0.140. The summed E-state index contributed by atoms with van der Waals surface area (Å²) in [6.45, 7) is 7.88. The zero-order valence-electron chi connectivity index (χ0n) is 17.0. The minimum Gasteiger partial charge on any atom is -0.338 e. The van der Waals surface area contributed by atoms with Crippen LogP contribution in [0.2, 0.25) is 0 Å². The molecule has 2 heterocycles. The van der Waals surface area contributed by atoms with Crippen molar-refractivity contribution in [1.29, 1.82) is 0 Å². The SMILES string of the molecule is CCCN(C(=O)CN1C(=O)NC(C)(c2ccc(C)cc2)C1=O)C1CCNCC1. The third kappa shape index (κ3) is 3.90. The van der Waals surface area contributed by atoms with Crippen LogP contribution < -0.4 is 10.6 Å². The van der Waals surface area contributed by atoms with E-state index >= 15 is 0 Å². The van der Waals surface area contributed by atoms with Gasteiger partial charge in [0.25, 0.3) is 5.91 Å². The van der Waals surface area contributed by atoms with Gasteiger partial charge in [0.1, 0.15) is 12.1 Å². The molecule has 0 bridgehead atoms. The molecule has 1 aromatic carbocycles. The minimum absolute atomic E-state index is 0.162. The number of hydrogen-bond donors (Lipinski definition) is 2. The number of hydrogen-bond acceptors (Lipinski definition) is 4. The van der Waals surface area contributed by atoms with Gasteiger partial charge in [0, 0.05) is 12.6 Å². The highest BCUT2D eigenvalue weighted by molar-refractivity contribution is 6.09. The maximum atomic E-state index is 13.1. The van der Waals surface area contributed by atoms with E-state index in [2.05, 4.69) is 10.6 Å². The molecule has 2 aliphatic heterocycles. The number of carbonyl (C=O) groups excluding carboxylic acids is 3. The van der Waals surface area contributed by atoms with E-state index in [1.54, 1.807) is 6.92 Å². The van der Waals surface area contributed by atoms with E-state index in [0.29, 0.717) is 6.54 Å². The molecule has 0 saturated carbocycles. The number of carbonyl (C=O) groups is 3. The Morgan fingerprint density at radius 3 is 2.46 bits per heavy atom. The molecule has 28 heavy (non-hydrogen) atoms. The Morgan fingerprint density at radius 2 is 1.86 bits per heavy atom. The van der Waals surface area contributed by atoms with E-state index in [0.717, 1.165) is 48.4 Å². The Morgan fingerprint density at radius 1 is 1.21 bits per heavy atom. The number of nitrogens with one attached hydrogen (secondary N) is 2. The van der Waals surface area contributed by atoms with Crippen molar-refractivity contribution in [3.05, 3.63) is 35.4 Å². The molecule has 3 rings (SSSR count). The number of urea groups is 1. The molecular formula is C21H30N4O3. The van der Waals surface area contributed by atoms with E-state index < -0.39 is 11.6 Å². The molecule has 7 heteroatoms. The van der Waals surface area contributed by atoms with E-state index in [9.17, 15) is 14.4 Å². The zero-order valence-corrected chi connectivity index (χ0v) is 17.0. The van der Waals surface area contributed by atoms with Crippen LogP contribution in [0, 0.1) is 6.92 Å². The standard InChI is InChI=1S/C21H30N4O3/c1-4-13-24(17-9-11-22-12-10-17)18(26)14-25-19(27)21(3,23-20(25)28)16-7-5-15(2)6-8-16/h5-8,17,22H,4,9-14H2,1-3H3,(H,23,28). The first-order chi connectivity index (χ1) is 13.4. The fraction of sp³-hybridized carbons (Fsp3) is 0.571. The second kappa shape index (κ2) is 8.31. The van der Waals surface area contributed by atoms with Gasteiger partial charge in [-0.2, -0.15) is 0 Å². The van der Waals surface area contributed by atoms with Gasteiger partial charge >= 0.3 is 6.03 Å². The number of imide groups is 1. The highest BCUT2D eigenvalue weighted by Crippen LogP contribution is 2.29. The van der Waals surface area contributed by atoms with Crippen LogP contribution in [0.15, 0.2) is 24.3 Å². The Labute approximate surface area is 166 Å². The van der Waals surface area contributed by atoms with Gasteiger partial charge in [-0.1, -0.05) is 36.8 Å². The molecule has 0 radical (unpaired) electrons. The summed E-state index contributed by atoms with van der Waals surface area (Å²) in [6.07, 6.45) is 2.64. The topological polar surface area (TPSA) is 81.8 Å². The molecule has 0 aromatic heterocycles. The fourth-order valence-corrected chi connectivity index (χ4v) is 4.02. The number of benzene rings is 1. The average Bonchev–Trinajstić information content (AvgIpc) is 2.91. The first-order valence-corrected chi connectivity index (χ1v) is 10.1. The van der Waals surface area contributed by atoms with Gasteiger partial charge in [-0.3, -0.25) is 14.5 Å². The molecule has 152 valence electrons. The molecule has 1 aromatic rings. The van der Waals surface area contributed by atoms with Gasteiger partial charge in [-0.05, 0) is 51.8 Å². The van der Waals surface area contributed by atoms with Crippen molar-refractivity contribution in [3.63, 3.8) is 0 Å². The van der Waals surface area contributed by atoms with Crippen LogP contribution in [0.1, 0.15) is 44.2 Å². The van der Waals surface area contributed by atoms with Gasteiger partial charge in [0.05, 0.1) is 0 Å². The molecule has 0 spiro atoms. The monoisotopic (exact) mass is 386 g/mol. The number of rotatable bonds is 6. The predicted molar refractivity (Wildman–Crippen MR) is 107 cm³/mol. The fourth-order valence-electron chi connectivity index (χ4n) is 4.02. The van der Waals surface area contributed by atoms with Gasteiger partial charge < -0.3 is 15.5 Å². The molecule has 1 atom stereocenters. The Hall–Kier alpha value is -2.41. The molecule has 4 amide bonds. The second-order valence-electron chi connectivity index (χ2n) is 7.88. The summed E-state index contributed by atoms with van der Waals surface area (Å²) < 4.78 is 0. The summed E-state index contributed by atoms with van der Waals surface area (Å²) in [5, 5.41) is 6.08. The van der Waals surface area contributed by atoms with Gasteiger partial charge in [-0.25, -0.2) is 4.79 Å². The summed E-state index contributed by atoms with van der Waals surface area (Å²) in [4.78, 5) is 41.5. The smallest absolute Gasteiger partial charge is 0.325 e. The van der Waals surface area contributed by atoms with Crippen molar-refractivity contribution in [1.82, 2.24) is 20.4 Å². The highest BCUT2D eigenvalue weighted by Gasteiger charge is 2.49. The second-order valence-corrected chi connectivity index (χ2v) is 7.88. The third-order valence-electron chi connectivity index (χ3n) is 5.73. The number of piperidine rings is 1. The lowest BCUT2D eigenvalue weighted by atomic mass is 9.91. The van der Waals surface area contributed by atoms with Gasteiger partial charge in [0.2, 0.25) is 5.91 Å². The lowest BCUT2D eigenvalue weighted by Crippen LogP contribution is -2.50. The molecule has 2 N–H and O–H groups in total. The van der Waals surface area contributed by atoms with Gasteiger partial charge in [-0.15, -0.1) is 0 Å². The van der Waals surface area contributed by atoms with Crippen molar-refractivity contribution >= 4 is 17.8 Å². The molecular weight excluding hydrogens is 356 g/mol. The molecule has 1 unspecified atom stereocenters. The third-order valence-corrected chi connectivity index (χ3v) is 5.73. The van der Waals surface area contributed by atoms with Crippen LogP contribution in [0.5, 0.6) is 0 Å². The van der Waals surface area contributed by atoms with E-state index in [-0.39, 0.29) is 24.4 Å². The predicted octanol–water partition coefficient (Wildman–Crippen LogP) is 1.75. The van der Waals surface area contributed by atoms with Crippen LogP contribution in [0.3, 0.4) is 0 Å². The van der Waals surface area contributed by atoms with Crippen molar-refractivity contribution < 1.29 is 14.4 Å². The number of amides is 4. The van der Waals surface area contributed by atoms with Gasteiger partial charge in [0.15, 0.2) is 0 Å². The van der Waals surface area contributed by atoms with Crippen molar-refractivity contribution in [2.24, 2.45) is 0 Å². The van der Waals surface area contributed by atoms with E-state index in [1.165, 1.54) is 0 Å². The molecule has 2 fully saturated rings. The average molecular weight is 386 g/mol. The zero-order chi connectivity index (χ0) is 20.3. The number of aryl methyl sites for hydroxylation is 1. The normalized spacial score (nSPS) is 23.0. The first-order valence-electron chi connectivity index (χ1n) is 10.1. The maximum Gasteiger partial charge on any atom is 0.325 e. The Balaban J connectivity index is 1.75. The van der Waals surface area contributed by atoms with Crippen LogP contribution in [0.4, 0.5) is 4.79 Å². The summed E-state index contributed by atoms with van der Waals surface area (Å²) >= 11 is 0. The largest absolute Gasteiger partial charge is 0.338 e. The van der Waals surface area contributed by atoms with E-state index in [1.807, 2.05) is 43.0 Å². The highest BCUT2D eigenvalue weighted by atomic mass is 16.2. The number of nitrogens with zero attached hydrogens (tertiary/aromatic N) is 2. The van der Waals surface area contributed by atoms with E-state index in [4.69, 9.17) is 0 Å². The van der Waals surface area contributed by atoms with Crippen LogP contribution in [0.25, 0.3) is 0 Å². The minimum atomic E-state index is -1.14.